The van der Waals surface area contributed by atoms with Crippen LogP contribution in [0.15, 0.2) is 36.7 Å². The molecule has 2 aromatic rings. The van der Waals surface area contributed by atoms with Gasteiger partial charge < -0.3 is 10.2 Å². The highest BCUT2D eigenvalue weighted by molar-refractivity contribution is 5.92. The zero-order valence-electron chi connectivity index (χ0n) is 13.3. The van der Waals surface area contributed by atoms with Crippen molar-refractivity contribution in [3.05, 3.63) is 47.9 Å². The molecule has 1 N–H and O–H groups in total. The van der Waals surface area contributed by atoms with E-state index in [-0.39, 0.29) is 5.91 Å². The number of hydrogen-bond acceptors (Lipinski definition) is 4. The number of aryl methyl sites for hydroxylation is 1. The van der Waals surface area contributed by atoms with Crippen LogP contribution in [0.4, 0.5) is 11.5 Å². The van der Waals surface area contributed by atoms with E-state index in [1.807, 2.05) is 31.2 Å². The summed E-state index contributed by atoms with van der Waals surface area (Å²) in [6, 6.07) is 9.68. The van der Waals surface area contributed by atoms with Crippen molar-refractivity contribution in [1.82, 2.24) is 14.9 Å². The highest BCUT2D eigenvalue weighted by atomic mass is 16.2. The number of benzene rings is 1. The van der Waals surface area contributed by atoms with Crippen molar-refractivity contribution in [2.75, 3.05) is 18.9 Å². The molecule has 0 unspecified atom stereocenters. The molecule has 0 saturated carbocycles. The molecule has 0 spiro atoms. The first kappa shape index (κ1) is 15.9. The molecule has 0 atom stereocenters. The van der Waals surface area contributed by atoms with E-state index in [0.717, 1.165) is 30.6 Å². The minimum absolute atomic E-state index is 0.0804. The molecular weight excluding hydrogens is 276 g/mol. The van der Waals surface area contributed by atoms with Crippen LogP contribution in [-0.4, -0.2) is 34.4 Å². The predicted molar refractivity (Wildman–Crippen MR) is 88.4 cm³/mol. The first-order valence-corrected chi connectivity index (χ1v) is 7.51. The lowest BCUT2D eigenvalue weighted by Gasteiger charge is -2.16. The van der Waals surface area contributed by atoms with Crippen LogP contribution in [0.25, 0.3) is 0 Å². The quantitative estimate of drug-likeness (QED) is 0.888. The summed E-state index contributed by atoms with van der Waals surface area (Å²) in [5.74, 6) is 0.538. The Morgan fingerprint density at radius 3 is 2.82 bits per heavy atom. The van der Waals surface area contributed by atoms with Crippen molar-refractivity contribution >= 4 is 17.4 Å². The van der Waals surface area contributed by atoms with Crippen LogP contribution in [0.1, 0.15) is 35.8 Å². The maximum atomic E-state index is 12.3. The molecule has 0 bridgehead atoms. The summed E-state index contributed by atoms with van der Waals surface area (Å²) in [5, 5.41) is 3.20. The third kappa shape index (κ3) is 4.28. The third-order valence-corrected chi connectivity index (χ3v) is 3.37. The van der Waals surface area contributed by atoms with Gasteiger partial charge in [0.05, 0.1) is 0 Å². The van der Waals surface area contributed by atoms with E-state index in [1.54, 1.807) is 18.0 Å². The normalized spacial score (nSPS) is 10.3. The molecule has 0 aliphatic carbocycles. The lowest BCUT2D eigenvalue weighted by atomic mass is 10.2. The van der Waals surface area contributed by atoms with Gasteiger partial charge in [0, 0.05) is 25.3 Å². The number of hydrogen-bond donors (Lipinski definition) is 1. The minimum atomic E-state index is -0.0804. The summed E-state index contributed by atoms with van der Waals surface area (Å²) in [5.41, 5.74) is 2.51. The topological polar surface area (TPSA) is 58.1 Å². The second-order valence-corrected chi connectivity index (χ2v) is 5.36. The smallest absolute Gasteiger partial charge is 0.272 e. The van der Waals surface area contributed by atoms with Crippen LogP contribution >= 0.6 is 0 Å². The Balaban J connectivity index is 2.11. The summed E-state index contributed by atoms with van der Waals surface area (Å²) in [6.07, 6.45) is 3.46. The number of nitrogens with one attached hydrogen (secondary N) is 1. The van der Waals surface area contributed by atoms with Crippen molar-refractivity contribution in [3.8, 4) is 0 Å². The predicted octanol–water partition coefficient (Wildman–Crippen LogP) is 3.40. The second kappa shape index (κ2) is 7.54. The minimum Gasteiger partial charge on any atom is -0.340 e. The Labute approximate surface area is 131 Å². The molecule has 1 heterocycles. The first-order valence-electron chi connectivity index (χ1n) is 7.51. The largest absolute Gasteiger partial charge is 0.340 e. The van der Waals surface area contributed by atoms with Gasteiger partial charge in [-0.2, -0.15) is 0 Å². The van der Waals surface area contributed by atoms with Gasteiger partial charge in [-0.15, -0.1) is 0 Å². The van der Waals surface area contributed by atoms with Crippen molar-refractivity contribution in [2.24, 2.45) is 0 Å². The molecule has 22 heavy (non-hydrogen) atoms. The maximum absolute atomic E-state index is 12.3. The van der Waals surface area contributed by atoms with E-state index in [4.69, 9.17) is 0 Å². The lowest BCUT2D eigenvalue weighted by molar-refractivity contribution is 0.0787. The standard InChI is InChI=1S/C17H22N4O/c1-4-5-9-21(3)17(22)15-11-16(19-12-18-15)20-14-8-6-7-13(2)10-14/h6-8,10-12H,4-5,9H2,1-3H3,(H,18,19,20). The summed E-state index contributed by atoms with van der Waals surface area (Å²) in [4.78, 5) is 22.3. The maximum Gasteiger partial charge on any atom is 0.272 e. The second-order valence-electron chi connectivity index (χ2n) is 5.36. The highest BCUT2D eigenvalue weighted by Crippen LogP contribution is 2.16. The van der Waals surface area contributed by atoms with Crippen LogP contribution in [0.2, 0.25) is 0 Å². The van der Waals surface area contributed by atoms with Gasteiger partial charge in [0.15, 0.2) is 0 Å². The average molecular weight is 298 g/mol. The fourth-order valence-corrected chi connectivity index (χ4v) is 2.11. The lowest BCUT2D eigenvalue weighted by Crippen LogP contribution is -2.28. The fourth-order valence-electron chi connectivity index (χ4n) is 2.11. The summed E-state index contributed by atoms with van der Waals surface area (Å²) in [7, 11) is 1.80. The fraction of sp³-hybridized carbons (Fsp3) is 0.353. The number of nitrogens with zero attached hydrogens (tertiary/aromatic N) is 3. The monoisotopic (exact) mass is 298 g/mol. The van der Waals surface area contributed by atoms with Crippen molar-refractivity contribution in [2.45, 2.75) is 26.7 Å². The van der Waals surface area contributed by atoms with E-state index >= 15 is 0 Å². The van der Waals surface area contributed by atoms with Crippen molar-refractivity contribution < 1.29 is 4.79 Å². The van der Waals surface area contributed by atoms with Crippen molar-refractivity contribution in [1.29, 1.82) is 0 Å². The van der Waals surface area contributed by atoms with Gasteiger partial charge in [-0.25, -0.2) is 9.97 Å². The Hall–Kier alpha value is -2.43. The Bertz CT molecular complexity index is 642. The number of aromatic nitrogens is 2. The molecule has 1 aromatic carbocycles. The Morgan fingerprint density at radius 2 is 2.09 bits per heavy atom. The molecule has 0 aliphatic rings. The van der Waals surface area contributed by atoms with E-state index in [0.29, 0.717) is 11.5 Å². The van der Waals surface area contributed by atoms with Gasteiger partial charge in [-0.05, 0) is 31.0 Å². The number of amides is 1. The molecule has 1 amide bonds. The van der Waals surface area contributed by atoms with Crippen molar-refractivity contribution in [3.63, 3.8) is 0 Å². The molecule has 116 valence electrons. The molecule has 5 nitrogen and oxygen atoms in total. The third-order valence-electron chi connectivity index (χ3n) is 3.37. The number of carbonyl (C=O) groups is 1. The number of carbonyl (C=O) groups excluding carboxylic acids is 1. The van der Waals surface area contributed by atoms with Gasteiger partial charge in [0.1, 0.15) is 17.8 Å². The average Bonchev–Trinajstić information content (AvgIpc) is 2.52. The number of rotatable bonds is 6. The van der Waals surface area contributed by atoms with Crippen LogP contribution in [0.5, 0.6) is 0 Å². The molecule has 0 fully saturated rings. The summed E-state index contributed by atoms with van der Waals surface area (Å²) in [6.45, 7) is 4.87. The van der Waals surface area contributed by atoms with Crippen LogP contribution < -0.4 is 5.32 Å². The van der Waals surface area contributed by atoms with E-state index in [1.165, 1.54) is 6.33 Å². The van der Waals surface area contributed by atoms with Gasteiger partial charge >= 0.3 is 0 Å². The molecule has 0 saturated heterocycles. The SMILES string of the molecule is CCCCN(C)C(=O)c1cc(Nc2cccc(C)c2)ncn1. The molecular formula is C17H22N4O. The zero-order chi connectivity index (χ0) is 15.9. The van der Waals surface area contributed by atoms with Crippen LogP contribution in [0, 0.1) is 6.92 Å². The Kier molecular flexibility index (Phi) is 5.47. The number of anilines is 2. The van der Waals surface area contributed by atoms with E-state index < -0.39 is 0 Å². The van der Waals surface area contributed by atoms with Crippen LogP contribution in [0.3, 0.4) is 0 Å². The van der Waals surface area contributed by atoms with E-state index in [9.17, 15) is 4.79 Å². The summed E-state index contributed by atoms with van der Waals surface area (Å²) >= 11 is 0. The summed E-state index contributed by atoms with van der Waals surface area (Å²) < 4.78 is 0. The molecule has 1 aromatic heterocycles. The van der Waals surface area contributed by atoms with E-state index in [2.05, 4.69) is 22.2 Å². The van der Waals surface area contributed by atoms with Gasteiger partial charge in [0.25, 0.3) is 5.91 Å². The molecule has 0 aliphatic heterocycles. The van der Waals surface area contributed by atoms with Gasteiger partial charge in [-0.3, -0.25) is 4.79 Å². The van der Waals surface area contributed by atoms with Crippen LogP contribution in [-0.2, 0) is 0 Å². The van der Waals surface area contributed by atoms with Gasteiger partial charge in [-0.1, -0.05) is 25.5 Å². The molecule has 0 radical (unpaired) electrons. The molecule has 5 heteroatoms. The molecule has 2 rings (SSSR count). The number of unbranched alkanes of at least 4 members (excludes halogenated alkanes) is 1. The highest BCUT2D eigenvalue weighted by Gasteiger charge is 2.13. The zero-order valence-corrected chi connectivity index (χ0v) is 13.3. The van der Waals surface area contributed by atoms with Gasteiger partial charge in [0.2, 0.25) is 0 Å². The Morgan fingerprint density at radius 1 is 1.27 bits per heavy atom. The first-order chi connectivity index (χ1) is 10.6.